The van der Waals surface area contributed by atoms with Crippen LogP contribution in [-0.2, 0) is 0 Å². The first-order chi connectivity index (χ1) is 10.5. The average Bonchev–Trinajstić information content (AvgIpc) is 3.29. The van der Waals surface area contributed by atoms with Crippen molar-refractivity contribution in [3.63, 3.8) is 0 Å². The number of piperidine rings is 1. The summed E-state index contributed by atoms with van der Waals surface area (Å²) in [6.07, 6.45) is 13.1. The van der Waals surface area contributed by atoms with Gasteiger partial charge in [-0.1, -0.05) is 40.0 Å². The minimum Gasteiger partial charge on any atom is -0.312 e. The van der Waals surface area contributed by atoms with E-state index in [0.29, 0.717) is 5.41 Å². The molecule has 1 aliphatic heterocycles. The first-order valence-electron chi connectivity index (χ1n) is 9.97. The Morgan fingerprint density at radius 2 is 1.64 bits per heavy atom. The highest BCUT2D eigenvalue weighted by atomic mass is 15.2. The molecule has 0 aromatic heterocycles. The summed E-state index contributed by atoms with van der Waals surface area (Å²) in [5, 5.41) is 3.98. The van der Waals surface area contributed by atoms with E-state index in [1.165, 1.54) is 77.4 Å². The summed E-state index contributed by atoms with van der Waals surface area (Å²) < 4.78 is 0. The van der Waals surface area contributed by atoms with Crippen LogP contribution in [0.2, 0.25) is 0 Å². The molecule has 1 N–H and O–H groups in total. The number of nitrogens with one attached hydrogen (secondary N) is 1. The first-order valence-corrected chi connectivity index (χ1v) is 9.97. The van der Waals surface area contributed by atoms with Crippen molar-refractivity contribution >= 4 is 0 Å². The molecule has 2 nitrogen and oxygen atoms in total. The van der Waals surface area contributed by atoms with E-state index in [1.54, 1.807) is 0 Å². The molecule has 3 aliphatic rings. The molecule has 2 saturated carbocycles. The standard InChI is InChI=1S/C20H38N2/c1-20(2,3)12-17-11-18(15-22(14-17)19-9-10-19)21-13-16-7-5-4-6-8-16/h16-19,21H,4-15H2,1-3H3. The first kappa shape index (κ1) is 16.8. The SMILES string of the molecule is CC(C)(C)CC1CC(NCC2CCCCC2)CN(C2CC2)C1. The summed E-state index contributed by atoms with van der Waals surface area (Å²) in [6.45, 7) is 11.2. The molecule has 3 fully saturated rings. The molecule has 2 aliphatic carbocycles. The van der Waals surface area contributed by atoms with E-state index in [0.717, 1.165) is 23.9 Å². The van der Waals surface area contributed by atoms with E-state index in [1.807, 2.05) is 0 Å². The van der Waals surface area contributed by atoms with E-state index in [9.17, 15) is 0 Å². The highest BCUT2D eigenvalue weighted by Crippen LogP contribution is 2.35. The summed E-state index contributed by atoms with van der Waals surface area (Å²) in [4.78, 5) is 2.82. The topological polar surface area (TPSA) is 15.3 Å². The lowest BCUT2D eigenvalue weighted by molar-refractivity contribution is 0.105. The predicted octanol–water partition coefficient (Wildman–Crippen LogP) is 4.45. The van der Waals surface area contributed by atoms with Gasteiger partial charge < -0.3 is 5.32 Å². The minimum absolute atomic E-state index is 0.477. The highest BCUT2D eigenvalue weighted by Gasteiger charge is 2.37. The lowest BCUT2D eigenvalue weighted by Gasteiger charge is -2.41. The van der Waals surface area contributed by atoms with Gasteiger partial charge in [0.1, 0.15) is 0 Å². The van der Waals surface area contributed by atoms with Gasteiger partial charge in [-0.05, 0) is 62.3 Å². The second-order valence-corrected chi connectivity index (χ2v) is 9.66. The van der Waals surface area contributed by atoms with Crippen molar-refractivity contribution in [2.45, 2.75) is 90.6 Å². The Morgan fingerprint density at radius 1 is 0.909 bits per heavy atom. The number of hydrogen-bond donors (Lipinski definition) is 1. The third-order valence-corrected chi connectivity index (χ3v) is 5.95. The molecule has 22 heavy (non-hydrogen) atoms. The van der Waals surface area contributed by atoms with Crippen molar-refractivity contribution in [3.05, 3.63) is 0 Å². The molecule has 0 amide bonds. The van der Waals surface area contributed by atoms with Crippen LogP contribution in [0.5, 0.6) is 0 Å². The van der Waals surface area contributed by atoms with Gasteiger partial charge in [-0.3, -0.25) is 4.90 Å². The van der Waals surface area contributed by atoms with Gasteiger partial charge in [0.05, 0.1) is 0 Å². The molecule has 0 radical (unpaired) electrons. The maximum absolute atomic E-state index is 3.98. The van der Waals surface area contributed by atoms with Crippen LogP contribution < -0.4 is 5.32 Å². The van der Waals surface area contributed by atoms with Crippen LogP contribution in [-0.4, -0.2) is 36.6 Å². The lowest BCUT2D eigenvalue weighted by atomic mass is 9.79. The Labute approximate surface area is 138 Å². The van der Waals surface area contributed by atoms with Crippen molar-refractivity contribution in [1.82, 2.24) is 10.2 Å². The van der Waals surface area contributed by atoms with Crippen molar-refractivity contribution < 1.29 is 0 Å². The molecule has 1 saturated heterocycles. The zero-order chi connectivity index (χ0) is 15.6. The second-order valence-electron chi connectivity index (χ2n) is 9.66. The molecular weight excluding hydrogens is 268 g/mol. The van der Waals surface area contributed by atoms with Gasteiger partial charge in [0.2, 0.25) is 0 Å². The van der Waals surface area contributed by atoms with Crippen LogP contribution in [0, 0.1) is 17.3 Å². The predicted molar refractivity (Wildman–Crippen MR) is 95.1 cm³/mol. The Kier molecular flexibility index (Phi) is 5.50. The minimum atomic E-state index is 0.477. The highest BCUT2D eigenvalue weighted by molar-refractivity contribution is 4.93. The molecule has 1 heterocycles. The van der Waals surface area contributed by atoms with Crippen molar-refractivity contribution in [2.24, 2.45) is 17.3 Å². The number of nitrogens with zero attached hydrogens (tertiary/aromatic N) is 1. The zero-order valence-corrected chi connectivity index (χ0v) is 15.2. The van der Waals surface area contributed by atoms with Crippen molar-refractivity contribution in [2.75, 3.05) is 19.6 Å². The second kappa shape index (κ2) is 7.21. The number of rotatable bonds is 5. The summed E-state index contributed by atoms with van der Waals surface area (Å²) in [5.41, 5.74) is 0.477. The molecule has 0 aromatic carbocycles. The fraction of sp³-hybridized carbons (Fsp3) is 1.00. The third-order valence-electron chi connectivity index (χ3n) is 5.95. The Balaban J connectivity index is 1.50. The maximum atomic E-state index is 3.98. The van der Waals surface area contributed by atoms with Gasteiger partial charge in [0.25, 0.3) is 0 Å². The van der Waals surface area contributed by atoms with Gasteiger partial charge in [0, 0.05) is 25.2 Å². The van der Waals surface area contributed by atoms with Gasteiger partial charge >= 0.3 is 0 Å². The van der Waals surface area contributed by atoms with Gasteiger partial charge in [-0.2, -0.15) is 0 Å². The van der Waals surface area contributed by atoms with Crippen LogP contribution >= 0.6 is 0 Å². The number of hydrogen-bond acceptors (Lipinski definition) is 2. The number of likely N-dealkylation sites (tertiary alicyclic amines) is 1. The molecule has 2 heteroatoms. The summed E-state index contributed by atoms with van der Waals surface area (Å²) >= 11 is 0. The lowest BCUT2D eigenvalue weighted by Crippen LogP contribution is -2.51. The van der Waals surface area contributed by atoms with Crippen LogP contribution in [0.15, 0.2) is 0 Å². The Hall–Kier alpha value is -0.0800. The van der Waals surface area contributed by atoms with Crippen molar-refractivity contribution in [1.29, 1.82) is 0 Å². The molecule has 3 rings (SSSR count). The van der Waals surface area contributed by atoms with E-state index < -0.39 is 0 Å². The van der Waals surface area contributed by atoms with E-state index in [2.05, 4.69) is 31.0 Å². The van der Waals surface area contributed by atoms with E-state index in [-0.39, 0.29) is 0 Å². The Bertz CT molecular complexity index is 336. The zero-order valence-electron chi connectivity index (χ0n) is 15.2. The van der Waals surface area contributed by atoms with Crippen molar-refractivity contribution in [3.8, 4) is 0 Å². The Morgan fingerprint density at radius 3 is 2.27 bits per heavy atom. The van der Waals surface area contributed by atoms with Gasteiger partial charge in [0.15, 0.2) is 0 Å². The largest absolute Gasteiger partial charge is 0.312 e. The molecule has 2 atom stereocenters. The van der Waals surface area contributed by atoms with E-state index >= 15 is 0 Å². The molecule has 2 unspecified atom stereocenters. The third kappa shape index (κ3) is 5.23. The van der Waals surface area contributed by atoms with Gasteiger partial charge in [-0.25, -0.2) is 0 Å². The molecule has 0 aromatic rings. The van der Waals surface area contributed by atoms with E-state index in [4.69, 9.17) is 0 Å². The molecule has 128 valence electrons. The quantitative estimate of drug-likeness (QED) is 0.807. The summed E-state index contributed by atoms with van der Waals surface area (Å²) in [6, 6.07) is 1.69. The monoisotopic (exact) mass is 306 g/mol. The van der Waals surface area contributed by atoms with Crippen LogP contribution in [0.4, 0.5) is 0 Å². The summed E-state index contributed by atoms with van der Waals surface area (Å²) in [5.74, 6) is 1.87. The normalized spacial score (nSPS) is 32.3. The molecule has 0 spiro atoms. The van der Waals surface area contributed by atoms with Gasteiger partial charge in [-0.15, -0.1) is 0 Å². The fourth-order valence-electron chi connectivity index (χ4n) is 4.86. The molecular formula is C20H38N2. The van der Waals surface area contributed by atoms with Crippen LogP contribution in [0.1, 0.15) is 78.6 Å². The van der Waals surface area contributed by atoms with Crippen LogP contribution in [0.3, 0.4) is 0 Å². The summed E-state index contributed by atoms with van der Waals surface area (Å²) in [7, 11) is 0. The smallest absolute Gasteiger partial charge is 0.0198 e. The maximum Gasteiger partial charge on any atom is 0.0198 e. The van der Waals surface area contributed by atoms with Crippen LogP contribution in [0.25, 0.3) is 0 Å². The fourth-order valence-corrected chi connectivity index (χ4v) is 4.86. The molecule has 0 bridgehead atoms. The average molecular weight is 307 g/mol.